The fourth-order valence-corrected chi connectivity index (χ4v) is 7.89. The minimum atomic E-state index is -0.677. The van der Waals surface area contributed by atoms with E-state index in [4.69, 9.17) is 56.8 Å². The molecule has 0 unspecified atom stereocenters. The Bertz CT molecular complexity index is 3180. The van der Waals surface area contributed by atoms with Gasteiger partial charge in [-0.1, -0.05) is 13.2 Å². The molecule has 0 N–H and O–H groups in total. The molecule has 482 valence electrons. The van der Waals surface area contributed by atoms with Crippen LogP contribution >= 0.6 is 0 Å². The van der Waals surface area contributed by atoms with Crippen LogP contribution in [0, 0.1) is 0 Å². The highest BCUT2D eigenvalue weighted by atomic mass is 16.6. The smallest absolute Gasteiger partial charge is 0.343 e. The number of rotatable bonds is 39. The van der Waals surface area contributed by atoms with Crippen LogP contribution in [0.15, 0.2) is 171 Å². The molecule has 0 atom stereocenters. The predicted molar refractivity (Wildman–Crippen MR) is 330 cm³/mol. The maximum Gasteiger partial charge on any atom is 0.343 e. The highest BCUT2D eigenvalue weighted by molar-refractivity contribution is 5.95. The summed E-state index contributed by atoms with van der Waals surface area (Å²) in [5, 5.41) is 0. The van der Waals surface area contributed by atoms with Crippen molar-refractivity contribution in [1.82, 2.24) is 0 Å². The number of carbonyl (C=O) groups excluding carboxylic acids is 10. The second-order valence-corrected chi connectivity index (χ2v) is 19.9. The monoisotopic (exact) mass is 1260 g/mol. The highest BCUT2D eigenvalue weighted by Gasteiger charge is 2.17. The molecule has 0 aliphatic carbocycles. The lowest BCUT2D eigenvalue weighted by molar-refractivity contribution is -0.146. The molecule has 0 aromatic heterocycles. The maximum atomic E-state index is 12.8. The molecule has 0 heterocycles. The Balaban J connectivity index is 0.729. The van der Waals surface area contributed by atoms with Gasteiger partial charge in [0, 0.05) is 25.0 Å². The van der Waals surface area contributed by atoms with Gasteiger partial charge in [0.25, 0.3) is 0 Å². The van der Waals surface area contributed by atoms with Crippen molar-refractivity contribution < 1.29 is 105 Å². The van der Waals surface area contributed by atoms with Crippen LogP contribution in [0.3, 0.4) is 0 Å². The summed E-state index contributed by atoms with van der Waals surface area (Å²) >= 11 is 0. The molecule has 6 aromatic rings. The van der Waals surface area contributed by atoms with E-state index in [1.165, 1.54) is 97.1 Å². The van der Waals surface area contributed by atoms with Crippen LogP contribution < -0.4 is 28.4 Å². The van der Waals surface area contributed by atoms with Crippen molar-refractivity contribution >= 4 is 59.7 Å². The van der Waals surface area contributed by atoms with Crippen molar-refractivity contribution in [2.75, 3.05) is 52.9 Å². The largest absolute Gasteiger partial charge is 0.494 e. The van der Waals surface area contributed by atoms with Crippen LogP contribution in [0.2, 0.25) is 0 Å². The average molecular weight is 1260 g/mol. The van der Waals surface area contributed by atoms with Crippen molar-refractivity contribution in [2.24, 2.45) is 0 Å². The number of unbranched alkanes of at least 4 members (excludes halogenated alkanes) is 5. The number of carbonyl (C=O) groups is 10. The van der Waals surface area contributed by atoms with Gasteiger partial charge in [0.15, 0.2) is 0 Å². The molecule has 0 amide bonds. The summed E-state index contributed by atoms with van der Waals surface area (Å²) in [6, 6.07) is 36.0. The van der Waals surface area contributed by atoms with Gasteiger partial charge in [-0.05, 0) is 210 Å². The van der Waals surface area contributed by atoms with Crippen LogP contribution in [-0.4, -0.2) is 113 Å². The molecule has 0 saturated carbocycles. The molecule has 22 nitrogen and oxygen atoms in total. The molecule has 0 bridgehead atoms. The second-order valence-electron chi connectivity index (χ2n) is 19.9. The SMILES string of the molecule is C=CC(=O)OCCCCOc1ccc(C(=O)Oc2ccc(C(=O)Oc3ccc(C(=O)OCCCCOC(=O)CCCCC(=O)OCCCCOC(=O)c4ccc(OC(=O)c5ccc(OC(=O)c6ccc(OCCCCOC(=O)C=C)cc6)cc5)cc4)cc3)cc2)cc1. The topological polar surface area (TPSA) is 281 Å². The minimum absolute atomic E-state index is 0.0788. The third-order valence-electron chi connectivity index (χ3n) is 12.9. The van der Waals surface area contributed by atoms with Gasteiger partial charge in [-0.2, -0.15) is 0 Å². The molecule has 92 heavy (non-hydrogen) atoms. The summed E-state index contributed by atoms with van der Waals surface area (Å²) in [5.74, 6) is -3.65. The van der Waals surface area contributed by atoms with Gasteiger partial charge in [-0.3, -0.25) is 9.59 Å². The molecule has 0 saturated heterocycles. The number of hydrogen-bond acceptors (Lipinski definition) is 22. The van der Waals surface area contributed by atoms with Crippen LogP contribution in [0.5, 0.6) is 34.5 Å². The fourth-order valence-electron chi connectivity index (χ4n) is 7.89. The summed E-state index contributed by atoms with van der Waals surface area (Å²) in [7, 11) is 0. The molecular formula is C70H70O22. The Morgan fingerprint density at radius 2 is 0.467 bits per heavy atom. The van der Waals surface area contributed by atoms with Crippen molar-refractivity contribution in [3.8, 4) is 34.5 Å². The summed E-state index contributed by atoms with van der Waals surface area (Å²) in [6.07, 6.45) is 7.61. The Kier molecular flexibility index (Phi) is 29.9. The molecule has 6 aromatic carbocycles. The standard InChI is InChI=1S/C70H70O22/c1-3-61(71)83-43-9-7-41-81-55-29-17-51(18-30-55)67(77)91-59-37-25-53(26-38-59)69(79)89-57-33-21-49(22-34-57)65(75)87-47-13-11-45-85-63(73)15-5-6-16-64(74)86-46-12-14-48-88-66(76)50-23-35-58(36-24-50)90-70(80)54-27-39-60(40-28-54)92-68(78)52-19-31-56(32-20-52)82-42-8-10-44-84-62(72)4-2/h3-4,17-40H,1-2,5-16,41-48H2. The molecule has 0 spiro atoms. The van der Waals surface area contributed by atoms with Gasteiger partial charge < -0.3 is 56.8 Å². The molecule has 0 aliphatic heterocycles. The number of ether oxygens (including phenoxy) is 12. The Labute approximate surface area is 531 Å². The normalized spacial score (nSPS) is 10.5. The lowest BCUT2D eigenvalue weighted by Gasteiger charge is -2.09. The van der Waals surface area contributed by atoms with Gasteiger partial charge in [0.1, 0.15) is 34.5 Å². The Morgan fingerprint density at radius 3 is 0.728 bits per heavy atom. The van der Waals surface area contributed by atoms with Gasteiger partial charge in [0.2, 0.25) is 0 Å². The van der Waals surface area contributed by atoms with Gasteiger partial charge in [-0.15, -0.1) is 0 Å². The zero-order chi connectivity index (χ0) is 65.7. The second kappa shape index (κ2) is 39.2. The van der Waals surface area contributed by atoms with Crippen molar-refractivity contribution in [3.63, 3.8) is 0 Å². The zero-order valence-electron chi connectivity index (χ0n) is 50.5. The van der Waals surface area contributed by atoms with Crippen LogP contribution in [-0.2, 0) is 47.6 Å². The van der Waals surface area contributed by atoms with E-state index in [0.29, 0.717) is 88.9 Å². The third kappa shape index (κ3) is 26.0. The summed E-state index contributed by atoms with van der Waals surface area (Å²) < 4.78 is 64.1. The predicted octanol–water partition coefficient (Wildman–Crippen LogP) is 11.6. The van der Waals surface area contributed by atoms with Crippen molar-refractivity contribution in [3.05, 3.63) is 204 Å². The Morgan fingerprint density at radius 1 is 0.250 bits per heavy atom. The first-order chi connectivity index (χ1) is 44.7. The molecule has 0 radical (unpaired) electrons. The molecular weight excluding hydrogens is 1190 g/mol. The molecule has 22 heteroatoms. The average Bonchev–Trinajstić information content (AvgIpc) is 1.58. The zero-order valence-corrected chi connectivity index (χ0v) is 50.5. The number of hydrogen-bond donors (Lipinski definition) is 0. The number of esters is 10. The quantitative estimate of drug-likeness (QED) is 0.0114. The van der Waals surface area contributed by atoms with E-state index in [1.807, 2.05) is 0 Å². The van der Waals surface area contributed by atoms with Crippen molar-refractivity contribution in [1.29, 1.82) is 0 Å². The van der Waals surface area contributed by atoms with E-state index in [2.05, 4.69) is 13.2 Å². The summed E-state index contributed by atoms with van der Waals surface area (Å²) in [5.41, 5.74) is 1.42. The van der Waals surface area contributed by atoms with Crippen LogP contribution in [0.1, 0.15) is 139 Å². The molecule has 0 aliphatic rings. The summed E-state index contributed by atoms with van der Waals surface area (Å²) in [4.78, 5) is 123. The Hall–Kier alpha value is -10.9. The van der Waals surface area contributed by atoms with Crippen LogP contribution in [0.4, 0.5) is 0 Å². The minimum Gasteiger partial charge on any atom is -0.494 e. The first kappa shape index (κ1) is 70.2. The lowest BCUT2D eigenvalue weighted by Crippen LogP contribution is -2.11. The van der Waals surface area contributed by atoms with E-state index in [9.17, 15) is 47.9 Å². The summed E-state index contributed by atoms with van der Waals surface area (Å²) in [6.45, 7) is 8.43. The van der Waals surface area contributed by atoms with Crippen molar-refractivity contribution in [2.45, 2.75) is 77.0 Å². The van der Waals surface area contributed by atoms with E-state index in [1.54, 1.807) is 48.5 Å². The lowest BCUT2D eigenvalue weighted by atomic mass is 10.2. The first-order valence-electron chi connectivity index (χ1n) is 29.6. The fraction of sp³-hybridized carbons (Fsp3) is 0.286. The van der Waals surface area contributed by atoms with Gasteiger partial charge >= 0.3 is 59.7 Å². The molecule has 0 fully saturated rings. The van der Waals surface area contributed by atoms with E-state index in [-0.39, 0.29) is 109 Å². The van der Waals surface area contributed by atoms with E-state index >= 15 is 0 Å². The van der Waals surface area contributed by atoms with Gasteiger partial charge in [0.05, 0.1) is 86.2 Å². The number of benzene rings is 6. The maximum absolute atomic E-state index is 12.8. The first-order valence-corrected chi connectivity index (χ1v) is 29.6. The van der Waals surface area contributed by atoms with Gasteiger partial charge in [-0.25, -0.2) is 38.4 Å². The van der Waals surface area contributed by atoms with E-state index < -0.39 is 59.7 Å². The third-order valence-corrected chi connectivity index (χ3v) is 12.9. The molecule has 6 rings (SSSR count). The van der Waals surface area contributed by atoms with E-state index in [0.717, 1.165) is 12.2 Å². The van der Waals surface area contributed by atoms with Crippen LogP contribution in [0.25, 0.3) is 0 Å². The highest BCUT2D eigenvalue weighted by Crippen LogP contribution is 2.23.